The van der Waals surface area contributed by atoms with E-state index in [4.69, 9.17) is 0 Å². The van der Waals surface area contributed by atoms with Gasteiger partial charge in [-0.3, -0.25) is 4.79 Å². The Labute approximate surface area is 115 Å². The fourth-order valence-corrected chi connectivity index (χ4v) is 3.06. The molecule has 5 heteroatoms. The third-order valence-electron chi connectivity index (χ3n) is 2.76. The minimum atomic E-state index is 0.0193. The lowest BCUT2D eigenvalue weighted by Gasteiger charge is -2.25. The van der Waals surface area contributed by atoms with Gasteiger partial charge in [-0.1, -0.05) is 13.8 Å². The topological polar surface area (TPSA) is 32.3 Å². The standard InChI is InChI=1S/C12H19BrN2OS/c1-8(2)10(6-14-3)12(16)15(4)11-5-9(13)7-17-11/h5,7-8,10,14H,6H2,1-4H3. The zero-order valence-corrected chi connectivity index (χ0v) is 13.1. The normalized spacial score (nSPS) is 12.8. The first-order valence-electron chi connectivity index (χ1n) is 5.63. The van der Waals surface area contributed by atoms with E-state index in [9.17, 15) is 4.79 Å². The molecule has 1 aromatic rings. The Bertz CT molecular complexity index is 378. The van der Waals surface area contributed by atoms with Crippen LogP contribution in [0.4, 0.5) is 5.00 Å². The van der Waals surface area contributed by atoms with Crippen LogP contribution in [0.25, 0.3) is 0 Å². The van der Waals surface area contributed by atoms with E-state index in [1.54, 1.807) is 16.2 Å². The van der Waals surface area contributed by atoms with Crippen molar-refractivity contribution in [2.24, 2.45) is 11.8 Å². The summed E-state index contributed by atoms with van der Waals surface area (Å²) in [6.45, 7) is 4.88. The van der Waals surface area contributed by atoms with Gasteiger partial charge >= 0.3 is 0 Å². The molecule has 1 N–H and O–H groups in total. The van der Waals surface area contributed by atoms with Gasteiger partial charge in [-0.2, -0.15) is 0 Å². The molecule has 1 rings (SSSR count). The molecule has 0 saturated heterocycles. The molecule has 17 heavy (non-hydrogen) atoms. The average molecular weight is 319 g/mol. The Morgan fingerprint density at radius 1 is 1.59 bits per heavy atom. The Hall–Kier alpha value is -0.390. The van der Waals surface area contributed by atoms with Crippen LogP contribution in [0.1, 0.15) is 13.8 Å². The van der Waals surface area contributed by atoms with Gasteiger partial charge in [-0.15, -0.1) is 11.3 Å². The third kappa shape index (κ3) is 3.79. The monoisotopic (exact) mass is 318 g/mol. The first-order valence-corrected chi connectivity index (χ1v) is 7.30. The van der Waals surface area contributed by atoms with Crippen molar-refractivity contribution in [1.82, 2.24) is 5.32 Å². The van der Waals surface area contributed by atoms with E-state index in [1.807, 2.05) is 25.5 Å². The molecule has 3 nitrogen and oxygen atoms in total. The zero-order valence-electron chi connectivity index (χ0n) is 10.7. The van der Waals surface area contributed by atoms with Gasteiger partial charge in [0.25, 0.3) is 0 Å². The summed E-state index contributed by atoms with van der Waals surface area (Å²) < 4.78 is 1.02. The van der Waals surface area contributed by atoms with E-state index in [-0.39, 0.29) is 11.8 Å². The molecule has 0 bridgehead atoms. The van der Waals surface area contributed by atoms with Crippen molar-refractivity contribution in [2.45, 2.75) is 13.8 Å². The van der Waals surface area contributed by atoms with Crippen molar-refractivity contribution >= 4 is 38.2 Å². The lowest BCUT2D eigenvalue weighted by atomic mass is 9.94. The van der Waals surface area contributed by atoms with Crippen molar-refractivity contribution in [3.05, 3.63) is 15.9 Å². The second-order valence-electron chi connectivity index (χ2n) is 4.41. The van der Waals surface area contributed by atoms with Crippen LogP contribution in [0, 0.1) is 11.8 Å². The highest BCUT2D eigenvalue weighted by Crippen LogP contribution is 2.29. The van der Waals surface area contributed by atoms with Crippen molar-refractivity contribution < 1.29 is 4.79 Å². The number of anilines is 1. The summed E-state index contributed by atoms with van der Waals surface area (Å²) in [6, 6.07) is 1.97. The van der Waals surface area contributed by atoms with Crippen molar-refractivity contribution in [2.75, 3.05) is 25.5 Å². The van der Waals surface area contributed by atoms with Crippen LogP contribution in [0.3, 0.4) is 0 Å². The second-order valence-corrected chi connectivity index (χ2v) is 6.21. The predicted molar refractivity (Wildman–Crippen MR) is 77.7 cm³/mol. The van der Waals surface area contributed by atoms with Crippen molar-refractivity contribution in [3.8, 4) is 0 Å². The first-order chi connectivity index (χ1) is 7.97. The van der Waals surface area contributed by atoms with Gasteiger partial charge in [0, 0.05) is 23.4 Å². The van der Waals surface area contributed by atoms with E-state index >= 15 is 0 Å². The van der Waals surface area contributed by atoms with E-state index < -0.39 is 0 Å². The van der Waals surface area contributed by atoms with Crippen LogP contribution in [-0.4, -0.2) is 26.5 Å². The van der Waals surface area contributed by atoms with Crippen LogP contribution < -0.4 is 10.2 Å². The molecule has 0 saturated carbocycles. The third-order valence-corrected chi connectivity index (χ3v) is 4.53. The molecule has 1 amide bonds. The maximum absolute atomic E-state index is 12.4. The number of carbonyl (C=O) groups is 1. The Morgan fingerprint density at radius 2 is 2.24 bits per heavy atom. The molecule has 0 aromatic carbocycles. The summed E-state index contributed by atoms with van der Waals surface area (Å²) >= 11 is 4.98. The number of hydrogen-bond donors (Lipinski definition) is 1. The lowest BCUT2D eigenvalue weighted by Crippen LogP contribution is -2.39. The first kappa shape index (κ1) is 14.7. The summed E-state index contributed by atoms with van der Waals surface area (Å²) in [5.41, 5.74) is 0. The zero-order chi connectivity index (χ0) is 13.0. The minimum Gasteiger partial charge on any atom is -0.319 e. The lowest BCUT2D eigenvalue weighted by molar-refractivity contribution is -0.123. The smallest absolute Gasteiger partial charge is 0.231 e. The number of rotatable bonds is 5. The molecule has 0 aliphatic heterocycles. The molecule has 96 valence electrons. The average Bonchev–Trinajstić information content (AvgIpc) is 2.70. The highest BCUT2D eigenvalue weighted by Gasteiger charge is 2.25. The number of carbonyl (C=O) groups excluding carboxylic acids is 1. The van der Waals surface area contributed by atoms with Gasteiger partial charge in [-0.05, 0) is 35.0 Å². The van der Waals surface area contributed by atoms with E-state index in [2.05, 4.69) is 35.1 Å². The van der Waals surface area contributed by atoms with Crippen LogP contribution in [0.15, 0.2) is 15.9 Å². The summed E-state index contributed by atoms with van der Waals surface area (Å²) in [5, 5.41) is 6.05. The Kier molecular flexibility index (Phi) is 5.62. The van der Waals surface area contributed by atoms with Gasteiger partial charge in [-0.25, -0.2) is 0 Å². The molecule has 0 aliphatic rings. The van der Waals surface area contributed by atoms with Gasteiger partial charge in [0.2, 0.25) is 5.91 Å². The fraction of sp³-hybridized carbons (Fsp3) is 0.583. The fourth-order valence-electron chi connectivity index (χ4n) is 1.66. The number of thiophene rings is 1. The molecular formula is C12H19BrN2OS. The number of halogens is 1. The molecule has 0 spiro atoms. The summed E-state index contributed by atoms with van der Waals surface area (Å²) in [4.78, 5) is 14.1. The summed E-state index contributed by atoms with van der Waals surface area (Å²) in [5.74, 6) is 0.523. The maximum atomic E-state index is 12.4. The van der Waals surface area contributed by atoms with Crippen LogP contribution in [0.2, 0.25) is 0 Å². The van der Waals surface area contributed by atoms with Crippen LogP contribution in [0.5, 0.6) is 0 Å². The summed E-state index contributed by atoms with van der Waals surface area (Å²) in [7, 11) is 3.72. The molecule has 1 heterocycles. The number of hydrogen-bond acceptors (Lipinski definition) is 3. The molecule has 1 atom stereocenters. The Balaban J connectivity index is 2.80. The second kappa shape index (κ2) is 6.52. The minimum absolute atomic E-state index is 0.0193. The molecule has 0 aliphatic carbocycles. The van der Waals surface area contributed by atoms with Crippen molar-refractivity contribution in [3.63, 3.8) is 0 Å². The molecule has 1 unspecified atom stereocenters. The Morgan fingerprint density at radius 3 is 2.65 bits per heavy atom. The van der Waals surface area contributed by atoms with Gasteiger partial charge in [0.05, 0.1) is 10.9 Å². The van der Waals surface area contributed by atoms with Gasteiger partial charge in [0.15, 0.2) is 0 Å². The quantitative estimate of drug-likeness (QED) is 0.905. The largest absolute Gasteiger partial charge is 0.319 e. The maximum Gasteiger partial charge on any atom is 0.231 e. The number of nitrogens with zero attached hydrogens (tertiary/aromatic N) is 1. The van der Waals surface area contributed by atoms with Crippen molar-refractivity contribution in [1.29, 1.82) is 0 Å². The van der Waals surface area contributed by atoms with Gasteiger partial charge in [0.1, 0.15) is 0 Å². The van der Waals surface area contributed by atoms with E-state index in [0.717, 1.165) is 9.47 Å². The van der Waals surface area contributed by atoms with E-state index in [0.29, 0.717) is 12.5 Å². The highest BCUT2D eigenvalue weighted by molar-refractivity contribution is 9.10. The van der Waals surface area contributed by atoms with E-state index in [1.165, 1.54) is 0 Å². The summed E-state index contributed by atoms with van der Waals surface area (Å²) in [6.07, 6.45) is 0. The highest BCUT2D eigenvalue weighted by atomic mass is 79.9. The van der Waals surface area contributed by atoms with Crippen LogP contribution in [-0.2, 0) is 4.79 Å². The SMILES string of the molecule is CNCC(C(=O)N(C)c1cc(Br)cs1)C(C)C. The number of amides is 1. The molecule has 0 fully saturated rings. The van der Waals surface area contributed by atoms with Crippen LogP contribution >= 0.6 is 27.3 Å². The number of nitrogens with one attached hydrogen (secondary N) is 1. The molecular weight excluding hydrogens is 300 g/mol. The van der Waals surface area contributed by atoms with Gasteiger partial charge < -0.3 is 10.2 Å². The molecule has 1 aromatic heterocycles. The predicted octanol–water partition coefficient (Wildman–Crippen LogP) is 2.97. The molecule has 0 radical (unpaired) electrons.